The molecule has 0 fully saturated rings. The van der Waals surface area contributed by atoms with Gasteiger partial charge in [0.25, 0.3) is 0 Å². The largest absolute Gasteiger partial charge is 0.354 e. The van der Waals surface area contributed by atoms with Crippen molar-refractivity contribution in [1.82, 2.24) is 10.6 Å². The second kappa shape index (κ2) is 9.11. The van der Waals surface area contributed by atoms with Crippen LogP contribution in [0.3, 0.4) is 0 Å². The van der Waals surface area contributed by atoms with Gasteiger partial charge in [-0.25, -0.2) is 0 Å². The number of hydrogen-bond donors (Lipinski definition) is 2. The van der Waals surface area contributed by atoms with Crippen LogP contribution in [0.5, 0.6) is 0 Å². The molecule has 0 aliphatic heterocycles. The predicted octanol–water partition coefficient (Wildman–Crippen LogP) is -0.362. The van der Waals surface area contributed by atoms with Crippen molar-refractivity contribution in [2.24, 2.45) is 0 Å². The average Bonchev–Trinajstić information content (AvgIpc) is 2.30. The molecule has 0 heterocycles. The molecular weight excluding hydrogens is 212 g/mol. The summed E-state index contributed by atoms with van der Waals surface area (Å²) in [6.45, 7) is 2.67. The van der Waals surface area contributed by atoms with Crippen LogP contribution in [0.4, 0.5) is 0 Å². The van der Waals surface area contributed by atoms with Gasteiger partial charge in [0.2, 0.25) is 0 Å². The van der Waals surface area contributed by atoms with Crippen LogP contribution in [0.25, 0.3) is 0 Å². The molecule has 16 heavy (non-hydrogen) atoms. The molecule has 0 atom stereocenters. The van der Waals surface area contributed by atoms with Gasteiger partial charge in [-0.15, -0.1) is 0 Å². The van der Waals surface area contributed by atoms with E-state index in [9.17, 15) is 9.59 Å². The van der Waals surface area contributed by atoms with Crippen LogP contribution in [0.1, 0.15) is 19.8 Å². The third kappa shape index (κ3) is 6.36. The molecule has 0 unspecified atom stereocenters. The third-order valence-electron chi connectivity index (χ3n) is 1.98. The van der Waals surface area contributed by atoms with Crippen molar-refractivity contribution < 1.29 is 19.1 Å². The lowest BCUT2D eigenvalue weighted by Gasteiger charge is -2.13. The van der Waals surface area contributed by atoms with E-state index in [2.05, 4.69) is 10.6 Å². The molecule has 0 radical (unpaired) electrons. The van der Waals surface area contributed by atoms with E-state index in [1.807, 2.05) is 6.92 Å². The number of ether oxygens (including phenoxy) is 2. The van der Waals surface area contributed by atoms with Gasteiger partial charge < -0.3 is 20.1 Å². The van der Waals surface area contributed by atoms with Crippen molar-refractivity contribution in [3.63, 3.8) is 0 Å². The number of carbonyl (C=O) groups excluding carboxylic acids is 2. The lowest BCUT2D eigenvalue weighted by Crippen LogP contribution is -2.43. The van der Waals surface area contributed by atoms with Crippen LogP contribution < -0.4 is 10.6 Å². The molecule has 2 amide bonds. The van der Waals surface area contributed by atoms with Crippen molar-refractivity contribution in [3.8, 4) is 0 Å². The molecule has 6 nitrogen and oxygen atoms in total. The van der Waals surface area contributed by atoms with Crippen LogP contribution in [0.2, 0.25) is 0 Å². The predicted molar refractivity (Wildman–Crippen MR) is 58.7 cm³/mol. The molecule has 0 aliphatic rings. The Morgan fingerprint density at radius 1 is 1.12 bits per heavy atom. The summed E-state index contributed by atoms with van der Waals surface area (Å²) in [5.41, 5.74) is 0. The number of nitrogens with one attached hydrogen (secondary N) is 2. The summed E-state index contributed by atoms with van der Waals surface area (Å²) in [5.74, 6) is -1.30. The zero-order valence-corrected chi connectivity index (χ0v) is 10.0. The van der Waals surface area contributed by atoms with E-state index in [1.54, 1.807) is 0 Å². The van der Waals surface area contributed by atoms with Crippen LogP contribution in [-0.2, 0) is 19.1 Å². The molecular formula is C10H20N2O4. The first-order valence-electron chi connectivity index (χ1n) is 5.27. The van der Waals surface area contributed by atoms with Crippen molar-refractivity contribution in [2.75, 3.05) is 27.3 Å². The molecule has 0 aromatic carbocycles. The summed E-state index contributed by atoms with van der Waals surface area (Å²) in [6, 6.07) is 0. The Bertz CT molecular complexity index is 217. The maximum absolute atomic E-state index is 11.2. The van der Waals surface area contributed by atoms with Crippen molar-refractivity contribution in [2.45, 2.75) is 26.1 Å². The van der Waals surface area contributed by atoms with Crippen molar-refractivity contribution in [3.05, 3.63) is 0 Å². The Balaban J connectivity index is 3.74. The Morgan fingerprint density at radius 3 is 2.19 bits per heavy atom. The zero-order chi connectivity index (χ0) is 12.4. The number of amides is 2. The fraction of sp³-hybridized carbons (Fsp3) is 0.800. The van der Waals surface area contributed by atoms with Gasteiger partial charge in [0.1, 0.15) is 0 Å². The van der Waals surface area contributed by atoms with Crippen LogP contribution in [-0.4, -0.2) is 45.4 Å². The molecule has 0 bridgehead atoms. The molecule has 0 aromatic rings. The fourth-order valence-corrected chi connectivity index (χ4v) is 0.978. The van der Waals surface area contributed by atoms with Crippen LogP contribution >= 0.6 is 0 Å². The number of rotatable bonds is 7. The first-order valence-corrected chi connectivity index (χ1v) is 5.27. The summed E-state index contributed by atoms with van der Waals surface area (Å²) in [4.78, 5) is 22.4. The Morgan fingerprint density at radius 2 is 1.69 bits per heavy atom. The maximum atomic E-state index is 11.2. The highest BCUT2D eigenvalue weighted by molar-refractivity contribution is 6.35. The maximum Gasteiger partial charge on any atom is 0.309 e. The molecule has 0 saturated heterocycles. The topological polar surface area (TPSA) is 76.7 Å². The van der Waals surface area contributed by atoms with Gasteiger partial charge in [-0.05, 0) is 6.42 Å². The van der Waals surface area contributed by atoms with Gasteiger partial charge in [-0.2, -0.15) is 0 Å². The second-order valence-electron chi connectivity index (χ2n) is 3.22. The highest BCUT2D eigenvalue weighted by Gasteiger charge is 2.14. The molecule has 0 spiro atoms. The lowest BCUT2D eigenvalue weighted by molar-refractivity contribution is -0.141. The lowest BCUT2D eigenvalue weighted by atomic mass is 10.3. The molecule has 0 saturated carbocycles. The SMILES string of the molecule is CCCCNC(=O)C(=O)NCC(OC)OC. The summed E-state index contributed by atoms with van der Waals surface area (Å²) in [7, 11) is 2.92. The van der Waals surface area contributed by atoms with Gasteiger partial charge in [0, 0.05) is 20.8 Å². The Kier molecular flexibility index (Phi) is 8.46. The second-order valence-corrected chi connectivity index (χ2v) is 3.22. The van der Waals surface area contributed by atoms with Gasteiger partial charge in [0.15, 0.2) is 6.29 Å². The Hall–Kier alpha value is -1.14. The minimum Gasteiger partial charge on any atom is -0.354 e. The zero-order valence-electron chi connectivity index (χ0n) is 10.0. The van der Waals surface area contributed by atoms with Crippen molar-refractivity contribution >= 4 is 11.8 Å². The van der Waals surface area contributed by atoms with Crippen LogP contribution in [0, 0.1) is 0 Å². The van der Waals surface area contributed by atoms with E-state index in [4.69, 9.17) is 9.47 Å². The third-order valence-corrected chi connectivity index (χ3v) is 1.98. The summed E-state index contributed by atoms with van der Waals surface area (Å²) >= 11 is 0. The van der Waals surface area contributed by atoms with Gasteiger partial charge in [-0.3, -0.25) is 9.59 Å². The quantitative estimate of drug-likeness (QED) is 0.357. The van der Waals surface area contributed by atoms with Gasteiger partial charge >= 0.3 is 11.8 Å². The minimum absolute atomic E-state index is 0.146. The highest BCUT2D eigenvalue weighted by atomic mass is 16.7. The molecule has 0 aliphatic carbocycles. The molecule has 2 N–H and O–H groups in total. The van der Waals surface area contributed by atoms with E-state index in [-0.39, 0.29) is 6.54 Å². The highest BCUT2D eigenvalue weighted by Crippen LogP contribution is 1.87. The summed E-state index contributed by atoms with van der Waals surface area (Å²) in [6.07, 6.45) is 1.29. The summed E-state index contributed by atoms with van der Waals surface area (Å²) < 4.78 is 9.72. The molecule has 0 aromatic heterocycles. The molecule has 94 valence electrons. The van der Waals surface area contributed by atoms with Crippen LogP contribution in [0.15, 0.2) is 0 Å². The Labute approximate surface area is 95.7 Å². The number of carbonyl (C=O) groups is 2. The summed E-state index contributed by atoms with van der Waals surface area (Å²) in [5, 5.41) is 4.92. The van der Waals surface area contributed by atoms with E-state index < -0.39 is 18.1 Å². The minimum atomic E-state index is -0.671. The fourth-order valence-electron chi connectivity index (χ4n) is 0.978. The van der Waals surface area contributed by atoms with Crippen molar-refractivity contribution in [1.29, 1.82) is 0 Å². The van der Waals surface area contributed by atoms with E-state index in [0.717, 1.165) is 12.8 Å². The standard InChI is InChI=1S/C10H20N2O4/c1-4-5-6-11-9(13)10(14)12-7-8(15-2)16-3/h8H,4-7H2,1-3H3,(H,11,13)(H,12,14). The van der Waals surface area contributed by atoms with E-state index >= 15 is 0 Å². The van der Waals surface area contributed by atoms with Gasteiger partial charge in [-0.1, -0.05) is 13.3 Å². The first kappa shape index (κ1) is 14.9. The van der Waals surface area contributed by atoms with E-state index in [0.29, 0.717) is 6.54 Å². The van der Waals surface area contributed by atoms with Gasteiger partial charge in [0.05, 0.1) is 6.54 Å². The van der Waals surface area contributed by atoms with E-state index in [1.165, 1.54) is 14.2 Å². The monoisotopic (exact) mass is 232 g/mol. The normalized spacial score (nSPS) is 10.2. The first-order chi connectivity index (χ1) is 7.65. The average molecular weight is 232 g/mol. The molecule has 6 heteroatoms. The number of unbranched alkanes of at least 4 members (excludes halogenated alkanes) is 1. The molecule has 0 rings (SSSR count). The smallest absolute Gasteiger partial charge is 0.309 e. The number of methoxy groups -OCH3 is 2. The number of hydrogen-bond acceptors (Lipinski definition) is 4.